The van der Waals surface area contributed by atoms with Crippen LogP contribution in [0.3, 0.4) is 0 Å². The zero-order chi connectivity index (χ0) is 16.2. The molecule has 6 nitrogen and oxygen atoms in total. The van der Waals surface area contributed by atoms with Crippen LogP contribution in [0.5, 0.6) is 0 Å². The molecule has 0 saturated carbocycles. The van der Waals surface area contributed by atoms with E-state index >= 15 is 0 Å². The maximum absolute atomic E-state index is 12.3. The summed E-state index contributed by atoms with van der Waals surface area (Å²) in [5.74, 6) is 0.517. The van der Waals surface area contributed by atoms with Crippen LogP contribution < -0.4 is 11.1 Å². The molecule has 0 bridgehead atoms. The highest BCUT2D eigenvalue weighted by Gasteiger charge is 2.16. The van der Waals surface area contributed by atoms with Crippen LogP contribution >= 0.6 is 0 Å². The highest BCUT2D eigenvalue weighted by atomic mass is 16.3. The van der Waals surface area contributed by atoms with Crippen molar-refractivity contribution in [2.24, 2.45) is 12.8 Å². The SMILES string of the molecule is Cn1nc(Cc2ccccc2)cc1NC(=O)c1occc1CN. The highest BCUT2D eigenvalue weighted by molar-refractivity contribution is 6.02. The van der Waals surface area contributed by atoms with Gasteiger partial charge in [0.15, 0.2) is 5.76 Å². The van der Waals surface area contributed by atoms with E-state index in [0.717, 1.165) is 5.69 Å². The molecule has 0 radical (unpaired) electrons. The average molecular weight is 310 g/mol. The molecule has 3 rings (SSSR count). The molecule has 0 atom stereocenters. The van der Waals surface area contributed by atoms with Gasteiger partial charge in [-0.3, -0.25) is 9.48 Å². The van der Waals surface area contributed by atoms with Gasteiger partial charge in [-0.05, 0) is 11.6 Å². The molecule has 3 N–H and O–H groups in total. The third-order valence-corrected chi connectivity index (χ3v) is 3.57. The van der Waals surface area contributed by atoms with Gasteiger partial charge in [0.25, 0.3) is 5.91 Å². The van der Waals surface area contributed by atoms with Crippen molar-refractivity contribution in [1.82, 2.24) is 9.78 Å². The van der Waals surface area contributed by atoms with E-state index in [1.165, 1.54) is 11.8 Å². The zero-order valence-corrected chi connectivity index (χ0v) is 12.8. The van der Waals surface area contributed by atoms with Crippen LogP contribution in [0.25, 0.3) is 0 Å². The number of nitrogens with two attached hydrogens (primary N) is 1. The normalized spacial score (nSPS) is 10.7. The van der Waals surface area contributed by atoms with Crippen LogP contribution in [-0.4, -0.2) is 15.7 Å². The van der Waals surface area contributed by atoms with Gasteiger partial charge < -0.3 is 15.5 Å². The van der Waals surface area contributed by atoms with Crippen LogP contribution in [0.2, 0.25) is 0 Å². The summed E-state index contributed by atoms with van der Waals surface area (Å²) < 4.78 is 6.85. The number of aromatic nitrogens is 2. The second kappa shape index (κ2) is 6.50. The number of aryl methyl sites for hydroxylation is 1. The summed E-state index contributed by atoms with van der Waals surface area (Å²) in [6.45, 7) is 0.254. The Balaban J connectivity index is 1.75. The van der Waals surface area contributed by atoms with Crippen LogP contribution in [0.1, 0.15) is 27.4 Å². The molecule has 0 saturated heterocycles. The number of furan rings is 1. The van der Waals surface area contributed by atoms with Gasteiger partial charge in [-0.25, -0.2) is 0 Å². The number of rotatable bonds is 5. The largest absolute Gasteiger partial charge is 0.459 e. The summed E-state index contributed by atoms with van der Waals surface area (Å²) in [5.41, 5.74) is 8.31. The summed E-state index contributed by atoms with van der Waals surface area (Å²) >= 11 is 0. The van der Waals surface area contributed by atoms with Crippen molar-refractivity contribution >= 4 is 11.7 Å². The molecule has 0 aliphatic rings. The van der Waals surface area contributed by atoms with Gasteiger partial charge in [-0.15, -0.1) is 0 Å². The standard InChI is InChI=1S/C17H18N4O2/c1-21-15(19-17(22)16-13(11-18)7-8-23-16)10-14(20-21)9-12-5-3-2-4-6-12/h2-8,10H,9,11,18H2,1H3,(H,19,22). The molecule has 3 aromatic rings. The van der Waals surface area contributed by atoms with E-state index in [1.54, 1.807) is 17.8 Å². The van der Waals surface area contributed by atoms with Crippen LogP contribution in [0.4, 0.5) is 5.82 Å². The Hall–Kier alpha value is -2.86. The van der Waals surface area contributed by atoms with Crippen molar-refractivity contribution in [3.8, 4) is 0 Å². The van der Waals surface area contributed by atoms with E-state index in [1.807, 2.05) is 36.4 Å². The number of hydrogen-bond acceptors (Lipinski definition) is 4. The second-order valence-corrected chi connectivity index (χ2v) is 5.24. The van der Waals surface area contributed by atoms with Gasteiger partial charge in [0.2, 0.25) is 0 Å². The first-order chi connectivity index (χ1) is 11.2. The van der Waals surface area contributed by atoms with Crippen LogP contribution in [0, 0.1) is 0 Å². The Morgan fingerprint density at radius 1 is 1.30 bits per heavy atom. The summed E-state index contributed by atoms with van der Waals surface area (Å²) in [7, 11) is 1.79. The Labute approximate surface area is 133 Å². The maximum Gasteiger partial charge on any atom is 0.292 e. The first-order valence-corrected chi connectivity index (χ1v) is 7.32. The molecule has 0 aliphatic heterocycles. The summed E-state index contributed by atoms with van der Waals surface area (Å²) in [6, 6.07) is 13.6. The van der Waals surface area contributed by atoms with Crippen molar-refractivity contribution < 1.29 is 9.21 Å². The lowest BCUT2D eigenvalue weighted by atomic mass is 10.1. The van der Waals surface area contributed by atoms with Crippen molar-refractivity contribution in [2.45, 2.75) is 13.0 Å². The van der Waals surface area contributed by atoms with E-state index in [4.69, 9.17) is 10.2 Å². The van der Waals surface area contributed by atoms with Gasteiger partial charge in [0.05, 0.1) is 12.0 Å². The third kappa shape index (κ3) is 3.32. The quantitative estimate of drug-likeness (QED) is 0.757. The van der Waals surface area contributed by atoms with Crippen LogP contribution in [-0.2, 0) is 20.0 Å². The Morgan fingerprint density at radius 3 is 2.83 bits per heavy atom. The zero-order valence-electron chi connectivity index (χ0n) is 12.8. The third-order valence-electron chi connectivity index (χ3n) is 3.57. The topological polar surface area (TPSA) is 86.1 Å². The number of carbonyl (C=O) groups excluding carboxylic acids is 1. The number of hydrogen-bond donors (Lipinski definition) is 2. The lowest BCUT2D eigenvalue weighted by Crippen LogP contribution is -2.16. The highest BCUT2D eigenvalue weighted by Crippen LogP contribution is 2.16. The average Bonchev–Trinajstić information content (AvgIpc) is 3.15. The minimum atomic E-state index is -0.329. The number of benzene rings is 1. The predicted octanol–water partition coefficient (Wildman–Crippen LogP) is 2.31. The molecule has 2 aromatic heterocycles. The number of anilines is 1. The minimum Gasteiger partial charge on any atom is -0.459 e. The molecule has 6 heteroatoms. The maximum atomic E-state index is 12.3. The Bertz CT molecular complexity index is 805. The smallest absolute Gasteiger partial charge is 0.292 e. The molecule has 0 unspecified atom stereocenters. The van der Waals surface area contributed by atoms with E-state index in [9.17, 15) is 4.79 Å². The van der Waals surface area contributed by atoms with Gasteiger partial charge >= 0.3 is 0 Å². The van der Waals surface area contributed by atoms with Crippen LogP contribution in [0.15, 0.2) is 53.1 Å². The Kier molecular flexibility index (Phi) is 4.25. The molecule has 1 amide bonds. The molecule has 0 aliphatic carbocycles. The number of carbonyl (C=O) groups is 1. The van der Waals surface area contributed by atoms with Crippen molar-refractivity contribution in [3.05, 3.63) is 71.3 Å². The number of nitrogens with one attached hydrogen (secondary N) is 1. The summed E-state index contributed by atoms with van der Waals surface area (Å²) in [5, 5.41) is 7.24. The van der Waals surface area contributed by atoms with E-state index in [2.05, 4.69) is 10.4 Å². The van der Waals surface area contributed by atoms with E-state index in [-0.39, 0.29) is 18.2 Å². The fourth-order valence-corrected chi connectivity index (χ4v) is 2.40. The second-order valence-electron chi connectivity index (χ2n) is 5.24. The van der Waals surface area contributed by atoms with Gasteiger partial charge in [0.1, 0.15) is 5.82 Å². The van der Waals surface area contributed by atoms with Gasteiger partial charge in [-0.2, -0.15) is 5.10 Å². The fraction of sp³-hybridized carbons (Fsp3) is 0.176. The number of nitrogens with zero attached hydrogens (tertiary/aromatic N) is 2. The molecule has 118 valence electrons. The van der Waals surface area contributed by atoms with Crippen molar-refractivity contribution in [3.63, 3.8) is 0 Å². The molecule has 2 heterocycles. The lowest BCUT2D eigenvalue weighted by molar-refractivity contribution is 0.0994. The predicted molar refractivity (Wildman–Crippen MR) is 87.0 cm³/mol. The van der Waals surface area contributed by atoms with Gasteiger partial charge in [0, 0.05) is 31.6 Å². The minimum absolute atomic E-state index is 0.235. The molecule has 0 fully saturated rings. The lowest BCUT2D eigenvalue weighted by Gasteiger charge is -2.04. The first kappa shape index (κ1) is 15.1. The Morgan fingerprint density at radius 2 is 2.09 bits per heavy atom. The van der Waals surface area contributed by atoms with Gasteiger partial charge in [-0.1, -0.05) is 30.3 Å². The molecule has 1 aromatic carbocycles. The molecular weight excluding hydrogens is 292 g/mol. The molecule has 0 spiro atoms. The monoisotopic (exact) mass is 310 g/mol. The first-order valence-electron chi connectivity index (χ1n) is 7.32. The molecule has 23 heavy (non-hydrogen) atoms. The number of amides is 1. The van der Waals surface area contributed by atoms with Crippen molar-refractivity contribution in [1.29, 1.82) is 0 Å². The fourth-order valence-electron chi connectivity index (χ4n) is 2.40. The van der Waals surface area contributed by atoms with Crippen molar-refractivity contribution in [2.75, 3.05) is 5.32 Å². The van der Waals surface area contributed by atoms with E-state index < -0.39 is 0 Å². The van der Waals surface area contributed by atoms with E-state index in [0.29, 0.717) is 17.8 Å². The summed E-state index contributed by atoms with van der Waals surface area (Å²) in [6.07, 6.45) is 2.17. The molecular formula is C17H18N4O2. The summed E-state index contributed by atoms with van der Waals surface area (Å²) in [4.78, 5) is 12.3.